The third-order valence-electron chi connectivity index (χ3n) is 1.99. The van der Waals surface area contributed by atoms with Crippen LogP contribution in [0, 0.1) is 5.82 Å². The summed E-state index contributed by atoms with van der Waals surface area (Å²) in [5.74, 6) is 0.157. The van der Waals surface area contributed by atoms with Crippen molar-refractivity contribution in [3.63, 3.8) is 0 Å². The second kappa shape index (κ2) is 5.07. The lowest BCUT2D eigenvalue weighted by Crippen LogP contribution is -1.98. The van der Waals surface area contributed by atoms with E-state index >= 15 is 0 Å². The van der Waals surface area contributed by atoms with Crippen molar-refractivity contribution in [3.05, 3.63) is 58.6 Å². The minimum atomic E-state index is -0.320. The minimum absolute atomic E-state index is 0.320. The Hall–Kier alpha value is -1.42. The Morgan fingerprint density at radius 3 is 2.88 bits per heavy atom. The fourth-order valence-corrected chi connectivity index (χ4v) is 1.58. The molecule has 2 nitrogen and oxygen atoms in total. The summed E-state index contributed by atoms with van der Waals surface area (Å²) in [6.07, 6.45) is 1.69. The standard InChI is InChI=1S/C12H9BrFNO/c13-11-5-4-9(14)7-12(11)16-8-10-3-1-2-6-15-10/h1-7H,8H2. The van der Waals surface area contributed by atoms with Gasteiger partial charge in [0.2, 0.25) is 0 Å². The highest BCUT2D eigenvalue weighted by Crippen LogP contribution is 2.26. The maximum atomic E-state index is 13.0. The number of benzene rings is 1. The SMILES string of the molecule is Fc1ccc(Br)c(OCc2ccccn2)c1. The molecule has 0 aliphatic rings. The monoisotopic (exact) mass is 281 g/mol. The molecule has 1 aromatic heterocycles. The number of halogens is 2. The van der Waals surface area contributed by atoms with E-state index in [9.17, 15) is 4.39 Å². The third-order valence-corrected chi connectivity index (χ3v) is 2.65. The van der Waals surface area contributed by atoms with Crippen LogP contribution < -0.4 is 4.74 Å². The third kappa shape index (κ3) is 2.79. The van der Waals surface area contributed by atoms with Crippen molar-refractivity contribution >= 4 is 15.9 Å². The van der Waals surface area contributed by atoms with Gasteiger partial charge >= 0.3 is 0 Å². The van der Waals surface area contributed by atoms with Crippen LogP contribution >= 0.6 is 15.9 Å². The molecule has 0 unspecified atom stereocenters. The molecule has 4 heteroatoms. The molecule has 0 N–H and O–H groups in total. The predicted molar refractivity (Wildman–Crippen MR) is 62.7 cm³/mol. The van der Waals surface area contributed by atoms with Crippen molar-refractivity contribution in [3.8, 4) is 5.75 Å². The molecule has 0 fully saturated rings. The van der Waals surface area contributed by atoms with Gasteiger partial charge in [0.05, 0.1) is 10.2 Å². The summed E-state index contributed by atoms with van der Waals surface area (Å²) in [5.41, 5.74) is 0.804. The van der Waals surface area contributed by atoms with E-state index in [-0.39, 0.29) is 5.82 Å². The Morgan fingerprint density at radius 1 is 1.25 bits per heavy atom. The number of ether oxygens (including phenoxy) is 1. The Balaban J connectivity index is 2.08. The Labute approximate surface area is 101 Å². The zero-order valence-electron chi connectivity index (χ0n) is 8.36. The molecule has 1 heterocycles. The maximum absolute atomic E-state index is 13.0. The predicted octanol–water partition coefficient (Wildman–Crippen LogP) is 3.56. The largest absolute Gasteiger partial charge is 0.486 e. The fraction of sp³-hybridized carbons (Fsp3) is 0.0833. The van der Waals surface area contributed by atoms with Gasteiger partial charge in [-0.15, -0.1) is 0 Å². The van der Waals surface area contributed by atoms with Crippen molar-refractivity contribution in [2.75, 3.05) is 0 Å². The fourth-order valence-electron chi connectivity index (χ4n) is 1.22. The van der Waals surface area contributed by atoms with Crippen LogP contribution in [0.1, 0.15) is 5.69 Å². The van der Waals surface area contributed by atoms with E-state index in [2.05, 4.69) is 20.9 Å². The molecule has 0 spiro atoms. The highest BCUT2D eigenvalue weighted by molar-refractivity contribution is 9.10. The van der Waals surface area contributed by atoms with Gasteiger partial charge in [0, 0.05) is 12.3 Å². The van der Waals surface area contributed by atoms with E-state index in [4.69, 9.17) is 4.74 Å². The first-order valence-electron chi connectivity index (χ1n) is 4.73. The molecule has 0 saturated carbocycles. The highest BCUT2D eigenvalue weighted by atomic mass is 79.9. The first-order valence-corrected chi connectivity index (χ1v) is 5.53. The summed E-state index contributed by atoms with van der Waals surface area (Å²) >= 11 is 3.29. The zero-order chi connectivity index (χ0) is 11.4. The van der Waals surface area contributed by atoms with Crippen LogP contribution in [0.3, 0.4) is 0 Å². The molecule has 0 aliphatic carbocycles. The van der Waals surface area contributed by atoms with Crippen LogP contribution in [0.25, 0.3) is 0 Å². The van der Waals surface area contributed by atoms with Crippen molar-refractivity contribution in [1.82, 2.24) is 4.98 Å². The second-order valence-electron chi connectivity index (χ2n) is 3.18. The zero-order valence-corrected chi connectivity index (χ0v) is 9.95. The molecule has 1 aromatic carbocycles. The van der Waals surface area contributed by atoms with Crippen LogP contribution in [-0.4, -0.2) is 4.98 Å². The summed E-state index contributed by atoms with van der Waals surface area (Å²) in [6.45, 7) is 0.322. The molecule has 0 bridgehead atoms. The summed E-state index contributed by atoms with van der Waals surface area (Å²) in [4.78, 5) is 4.11. The van der Waals surface area contributed by atoms with Crippen LogP contribution in [0.4, 0.5) is 4.39 Å². The van der Waals surface area contributed by atoms with Gasteiger partial charge in [-0.2, -0.15) is 0 Å². The number of aromatic nitrogens is 1. The molecule has 0 aliphatic heterocycles. The Kier molecular flexibility index (Phi) is 3.51. The number of hydrogen-bond donors (Lipinski definition) is 0. The van der Waals surface area contributed by atoms with E-state index in [1.54, 1.807) is 12.3 Å². The maximum Gasteiger partial charge on any atom is 0.136 e. The minimum Gasteiger partial charge on any atom is -0.486 e. The molecule has 2 rings (SSSR count). The molecule has 0 saturated heterocycles. The highest BCUT2D eigenvalue weighted by Gasteiger charge is 2.03. The topological polar surface area (TPSA) is 22.1 Å². The molecular formula is C12H9BrFNO. The van der Waals surface area contributed by atoms with Gasteiger partial charge in [-0.1, -0.05) is 6.07 Å². The van der Waals surface area contributed by atoms with Gasteiger partial charge < -0.3 is 4.74 Å². The van der Waals surface area contributed by atoms with E-state index in [0.717, 1.165) is 10.2 Å². The number of nitrogens with zero attached hydrogens (tertiary/aromatic N) is 1. The van der Waals surface area contributed by atoms with Crippen molar-refractivity contribution in [1.29, 1.82) is 0 Å². The average Bonchev–Trinajstić information content (AvgIpc) is 2.32. The van der Waals surface area contributed by atoms with Crippen LogP contribution in [0.15, 0.2) is 47.1 Å². The molecule has 82 valence electrons. The van der Waals surface area contributed by atoms with E-state index in [1.165, 1.54) is 12.1 Å². The lowest BCUT2D eigenvalue weighted by atomic mass is 10.3. The van der Waals surface area contributed by atoms with E-state index < -0.39 is 0 Å². The van der Waals surface area contributed by atoms with E-state index in [0.29, 0.717) is 12.4 Å². The first kappa shape index (κ1) is 11.1. The summed E-state index contributed by atoms with van der Waals surface area (Å²) in [6, 6.07) is 9.90. The number of hydrogen-bond acceptors (Lipinski definition) is 2. The lowest BCUT2D eigenvalue weighted by Gasteiger charge is -2.07. The average molecular weight is 282 g/mol. The molecule has 0 amide bonds. The second-order valence-corrected chi connectivity index (χ2v) is 4.04. The number of rotatable bonds is 3. The van der Waals surface area contributed by atoms with Gasteiger partial charge in [-0.25, -0.2) is 4.39 Å². The summed E-state index contributed by atoms with van der Waals surface area (Å²) in [7, 11) is 0. The summed E-state index contributed by atoms with van der Waals surface area (Å²) in [5, 5.41) is 0. The van der Waals surface area contributed by atoms with Crippen molar-refractivity contribution in [2.24, 2.45) is 0 Å². The summed E-state index contributed by atoms with van der Waals surface area (Å²) < 4.78 is 19.1. The lowest BCUT2D eigenvalue weighted by molar-refractivity contribution is 0.298. The molecule has 0 radical (unpaired) electrons. The molecule has 2 aromatic rings. The molecule has 16 heavy (non-hydrogen) atoms. The van der Waals surface area contributed by atoms with Gasteiger partial charge in [-0.05, 0) is 40.2 Å². The van der Waals surface area contributed by atoms with Crippen molar-refractivity contribution < 1.29 is 9.13 Å². The normalized spacial score (nSPS) is 10.1. The van der Waals surface area contributed by atoms with Crippen molar-refractivity contribution in [2.45, 2.75) is 6.61 Å². The van der Waals surface area contributed by atoms with Gasteiger partial charge in [0.15, 0.2) is 0 Å². The van der Waals surface area contributed by atoms with Crippen LogP contribution in [0.2, 0.25) is 0 Å². The smallest absolute Gasteiger partial charge is 0.136 e. The Bertz CT molecular complexity index is 476. The van der Waals surface area contributed by atoms with Gasteiger partial charge in [0.25, 0.3) is 0 Å². The first-order chi connectivity index (χ1) is 7.75. The number of pyridine rings is 1. The van der Waals surface area contributed by atoms with Gasteiger partial charge in [-0.3, -0.25) is 4.98 Å². The molecular weight excluding hydrogens is 273 g/mol. The van der Waals surface area contributed by atoms with E-state index in [1.807, 2.05) is 18.2 Å². The molecule has 0 atom stereocenters. The van der Waals surface area contributed by atoms with Crippen LogP contribution in [-0.2, 0) is 6.61 Å². The van der Waals surface area contributed by atoms with Crippen LogP contribution in [0.5, 0.6) is 5.75 Å². The quantitative estimate of drug-likeness (QED) is 0.858. The Morgan fingerprint density at radius 2 is 2.12 bits per heavy atom. The van der Waals surface area contributed by atoms with Gasteiger partial charge in [0.1, 0.15) is 18.2 Å².